The van der Waals surface area contributed by atoms with E-state index in [1.54, 1.807) is 18.5 Å². The number of hydrogen-bond acceptors (Lipinski definition) is 5. The highest BCUT2D eigenvalue weighted by atomic mass is 15.2. The maximum atomic E-state index is 8.82. The quantitative estimate of drug-likeness (QED) is 0.843. The second-order valence-electron chi connectivity index (χ2n) is 5.06. The van der Waals surface area contributed by atoms with E-state index in [-0.39, 0.29) is 0 Å². The summed E-state index contributed by atoms with van der Waals surface area (Å²) in [7, 11) is 0. The van der Waals surface area contributed by atoms with Crippen molar-refractivity contribution in [1.29, 1.82) is 5.26 Å². The highest BCUT2D eigenvalue weighted by Gasteiger charge is 2.07. The summed E-state index contributed by atoms with van der Waals surface area (Å²) in [5, 5.41) is 12.1. The lowest BCUT2D eigenvalue weighted by molar-refractivity contribution is 0.733. The van der Waals surface area contributed by atoms with Crippen molar-refractivity contribution in [1.82, 2.24) is 9.97 Å². The molecule has 0 bridgehead atoms. The number of anilines is 3. The van der Waals surface area contributed by atoms with E-state index in [0.29, 0.717) is 5.56 Å². The van der Waals surface area contributed by atoms with Crippen LogP contribution in [-0.4, -0.2) is 23.1 Å². The summed E-state index contributed by atoms with van der Waals surface area (Å²) >= 11 is 0. The number of aromatic nitrogens is 2. The first-order valence-corrected chi connectivity index (χ1v) is 7.61. The monoisotopic (exact) mass is 295 g/mol. The zero-order valence-corrected chi connectivity index (χ0v) is 13.1. The second kappa shape index (κ2) is 7.99. The molecule has 22 heavy (non-hydrogen) atoms. The molecule has 0 radical (unpaired) electrons. The van der Waals surface area contributed by atoms with Gasteiger partial charge < -0.3 is 10.2 Å². The SMILES string of the molecule is CCCN(CCC)c1cc(Nc2ccc(C#N)cc2)ncn1. The van der Waals surface area contributed by atoms with E-state index in [4.69, 9.17) is 5.26 Å². The van der Waals surface area contributed by atoms with Crippen LogP contribution >= 0.6 is 0 Å². The maximum absolute atomic E-state index is 8.82. The summed E-state index contributed by atoms with van der Waals surface area (Å²) in [6, 6.07) is 11.4. The van der Waals surface area contributed by atoms with E-state index < -0.39 is 0 Å². The third kappa shape index (κ3) is 4.19. The molecular weight excluding hydrogens is 274 g/mol. The van der Waals surface area contributed by atoms with Gasteiger partial charge in [-0.3, -0.25) is 0 Å². The van der Waals surface area contributed by atoms with Gasteiger partial charge in [0.05, 0.1) is 11.6 Å². The minimum atomic E-state index is 0.644. The number of benzene rings is 1. The molecule has 0 amide bonds. The van der Waals surface area contributed by atoms with Crippen LogP contribution in [0.15, 0.2) is 36.7 Å². The van der Waals surface area contributed by atoms with Crippen molar-refractivity contribution in [2.24, 2.45) is 0 Å². The standard InChI is InChI=1S/C17H21N5/c1-3-9-22(10-4-2)17-11-16(19-13-20-17)21-15-7-5-14(12-18)6-8-15/h5-8,11,13H,3-4,9-10H2,1-2H3,(H,19,20,21). The number of hydrogen-bond donors (Lipinski definition) is 1. The third-order valence-electron chi connectivity index (χ3n) is 3.25. The summed E-state index contributed by atoms with van der Waals surface area (Å²) in [5.74, 6) is 1.70. The number of rotatable bonds is 7. The molecule has 114 valence electrons. The van der Waals surface area contributed by atoms with Crippen LogP contribution in [0.4, 0.5) is 17.3 Å². The Morgan fingerprint density at radius 2 is 1.77 bits per heavy atom. The fourth-order valence-corrected chi connectivity index (χ4v) is 2.25. The zero-order valence-electron chi connectivity index (χ0n) is 13.1. The van der Waals surface area contributed by atoms with Crippen molar-refractivity contribution < 1.29 is 0 Å². The Balaban J connectivity index is 2.14. The smallest absolute Gasteiger partial charge is 0.135 e. The van der Waals surface area contributed by atoms with Gasteiger partial charge in [0.1, 0.15) is 18.0 Å². The Labute approximate surface area is 131 Å². The van der Waals surface area contributed by atoms with Crippen LogP contribution in [0.3, 0.4) is 0 Å². The minimum absolute atomic E-state index is 0.644. The predicted molar refractivity (Wildman–Crippen MR) is 89.3 cm³/mol. The topological polar surface area (TPSA) is 64.8 Å². The average molecular weight is 295 g/mol. The summed E-state index contributed by atoms with van der Waals surface area (Å²) in [6.45, 7) is 6.31. The molecule has 0 saturated carbocycles. The number of nitrogens with one attached hydrogen (secondary N) is 1. The first-order valence-electron chi connectivity index (χ1n) is 7.61. The molecule has 1 aromatic heterocycles. The summed E-state index contributed by atoms with van der Waals surface area (Å²) in [5.41, 5.74) is 1.55. The molecule has 1 N–H and O–H groups in total. The van der Waals surface area contributed by atoms with Crippen LogP contribution in [0.1, 0.15) is 32.3 Å². The highest BCUT2D eigenvalue weighted by Crippen LogP contribution is 2.19. The van der Waals surface area contributed by atoms with Crippen LogP contribution in [-0.2, 0) is 0 Å². The lowest BCUT2D eigenvalue weighted by Crippen LogP contribution is -2.25. The van der Waals surface area contributed by atoms with Crippen molar-refractivity contribution in [3.63, 3.8) is 0 Å². The van der Waals surface area contributed by atoms with Crippen molar-refractivity contribution in [2.45, 2.75) is 26.7 Å². The Morgan fingerprint density at radius 1 is 1.09 bits per heavy atom. The van der Waals surface area contributed by atoms with Crippen LogP contribution < -0.4 is 10.2 Å². The van der Waals surface area contributed by atoms with E-state index in [1.165, 1.54) is 0 Å². The summed E-state index contributed by atoms with van der Waals surface area (Å²) in [4.78, 5) is 10.9. The lowest BCUT2D eigenvalue weighted by atomic mass is 10.2. The molecule has 0 aliphatic heterocycles. The minimum Gasteiger partial charge on any atom is -0.356 e. The molecule has 5 nitrogen and oxygen atoms in total. The van der Waals surface area contributed by atoms with Crippen LogP contribution in [0, 0.1) is 11.3 Å². The van der Waals surface area contributed by atoms with Gasteiger partial charge >= 0.3 is 0 Å². The molecule has 0 unspecified atom stereocenters. The largest absolute Gasteiger partial charge is 0.356 e. The van der Waals surface area contributed by atoms with Gasteiger partial charge in [-0.1, -0.05) is 13.8 Å². The van der Waals surface area contributed by atoms with Gasteiger partial charge in [0.15, 0.2) is 0 Å². The van der Waals surface area contributed by atoms with E-state index in [2.05, 4.69) is 40.1 Å². The molecule has 2 rings (SSSR count). The first kappa shape index (κ1) is 15.8. The number of nitrogens with zero attached hydrogens (tertiary/aromatic N) is 4. The Kier molecular flexibility index (Phi) is 5.73. The zero-order chi connectivity index (χ0) is 15.8. The lowest BCUT2D eigenvalue weighted by Gasteiger charge is -2.22. The van der Waals surface area contributed by atoms with Crippen LogP contribution in [0.2, 0.25) is 0 Å². The van der Waals surface area contributed by atoms with E-state index >= 15 is 0 Å². The third-order valence-corrected chi connectivity index (χ3v) is 3.25. The van der Waals surface area contributed by atoms with Crippen molar-refractivity contribution in [3.05, 3.63) is 42.2 Å². The van der Waals surface area contributed by atoms with Gasteiger partial charge in [0, 0.05) is 24.8 Å². The molecule has 0 aliphatic carbocycles. The summed E-state index contributed by atoms with van der Waals surface area (Å²) in [6.07, 6.45) is 3.75. The Hall–Kier alpha value is -2.61. The number of nitriles is 1. The molecule has 0 atom stereocenters. The molecule has 1 heterocycles. The van der Waals surface area contributed by atoms with Crippen molar-refractivity contribution in [2.75, 3.05) is 23.3 Å². The van der Waals surface area contributed by atoms with Crippen LogP contribution in [0.25, 0.3) is 0 Å². The molecule has 2 aromatic rings. The molecule has 0 spiro atoms. The molecule has 0 aliphatic rings. The van der Waals surface area contributed by atoms with E-state index in [9.17, 15) is 0 Å². The highest BCUT2D eigenvalue weighted by molar-refractivity contribution is 5.60. The van der Waals surface area contributed by atoms with Gasteiger partial charge in [0.25, 0.3) is 0 Å². The molecule has 0 saturated heterocycles. The van der Waals surface area contributed by atoms with Crippen LogP contribution in [0.5, 0.6) is 0 Å². The molecule has 5 heteroatoms. The first-order chi connectivity index (χ1) is 10.8. The molecule has 0 fully saturated rings. The Morgan fingerprint density at radius 3 is 2.36 bits per heavy atom. The summed E-state index contributed by atoms with van der Waals surface area (Å²) < 4.78 is 0. The Bertz CT molecular complexity index is 624. The van der Waals surface area contributed by atoms with E-state index in [1.807, 2.05) is 18.2 Å². The molecular formula is C17H21N5. The van der Waals surface area contributed by atoms with Crippen molar-refractivity contribution in [3.8, 4) is 6.07 Å². The fraction of sp³-hybridized carbons (Fsp3) is 0.353. The average Bonchev–Trinajstić information content (AvgIpc) is 2.56. The molecule has 1 aromatic carbocycles. The predicted octanol–water partition coefficient (Wildman–Crippen LogP) is 3.72. The van der Waals surface area contributed by atoms with Gasteiger partial charge in [-0.15, -0.1) is 0 Å². The van der Waals surface area contributed by atoms with Gasteiger partial charge in [-0.25, -0.2) is 9.97 Å². The normalized spacial score (nSPS) is 10.0. The van der Waals surface area contributed by atoms with Gasteiger partial charge in [-0.05, 0) is 37.1 Å². The van der Waals surface area contributed by atoms with Crippen molar-refractivity contribution >= 4 is 17.3 Å². The maximum Gasteiger partial charge on any atom is 0.135 e. The fourth-order valence-electron chi connectivity index (χ4n) is 2.25. The second-order valence-corrected chi connectivity index (χ2v) is 5.06. The van der Waals surface area contributed by atoms with Gasteiger partial charge in [-0.2, -0.15) is 5.26 Å². The van der Waals surface area contributed by atoms with Gasteiger partial charge in [0.2, 0.25) is 0 Å². The van der Waals surface area contributed by atoms with E-state index in [0.717, 1.165) is 43.3 Å².